The molecule has 2 unspecified atom stereocenters. The van der Waals surface area contributed by atoms with Gasteiger partial charge in [0.15, 0.2) is 17.6 Å². The summed E-state index contributed by atoms with van der Waals surface area (Å²) in [7, 11) is 0. The molecule has 0 aliphatic carbocycles. The van der Waals surface area contributed by atoms with Crippen molar-refractivity contribution in [3.63, 3.8) is 0 Å². The van der Waals surface area contributed by atoms with Gasteiger partial charge in [0.25, 0.3) is 0 Å². The van der Waals surface area contributed by atoms with Crippen molar-refractivity contribution in [2.75, 3.05) is 26.4 Å². The van der Waals surface area contributed by atoms with Crippen LogP contribution in [0.1, 0.15) is 34.5 Å². The Kier molecular flexibility index (Phi) is 6.62. The average molecular weight is 373 g/mol. The molecule has 10 heteroatoms. The molecule has 7 N–H and O–H groups in total. The number of rotatable bonds is 8. The molecule has 0 spiro atoms. The van der Waals surface area contributed by atoms with Crippen molar-refractivity contribution < 1.29 is 44.9 Å². The number of hydrogen-bond acceptors (Lipinski definition) is 10. The summed E-state index contributed by atoms with van der Waals surface area (Å²) in [6, 6.07) is 0. The third-order valence-corrected chi connectivity index (χ3v) is 4.12. The van der Waals surface area contributed by atoms with E-state index >= 15 is 0 Å². The molecular weight excluding hydrogens is 350 g/mol. The normalized spacial score (nSPS) is 19.5. The number of hydrogen-bond donors (Lipinski definition) is 7. The number of phenols is 3. The summed E-state index contributed by atoms with van der Waals surface area (Å²) in [4.78, 5) is 12.4. The van der Waals surface area contributed by atoms with Crippen LogP contribution < -0.4 is 5.32 Å². The van der Waals surface area contributed by atoms with Gasteiger partial charge >= 0.3 is 5.97 Å². The van der Waals surface area contributed by atoms with Crippen LogP contribution in [0.25, 0.3) is 0 Å². The van der Waals surface area contributed by atoms with Gasteiger partial charge in [0.1, 0.15) is 12.2 Å². The zero-order valence-corrected chi connectivity index (χ0v) is 14.2. The SMILES string of the molecule is CCNCc1c(O)c(O)c(O)c2c1C(=O)OC(CO)C2OC(CO)CO. The third-order valence-electron chi connectivity index (χ3n) is 4.12. The summed E-state index contributed by atoms with van der Waals surface area (Å²) in [6.07, 6.45) is -3.59. The quantitative estimate of drug-likeness (QED) is 0.218. The van der Waals surface area contributed by atoms with E-state index in [1.165, 1.54) is 0 Å². The second-order valence-electron chi connectivity index (χ2n) is 5.76. The third kappa shape index (κ3) is 3.55. The molecule has 0 aromatic heterocycles. The average Bonchev–Trinajstić information content (AvgIpc) is 2.65. The first-order valence-corrected chi connectivity index (χ1v) is 8.10. The molecule has 1 aromatic rings. The lowest BCUT2D eigenvalue weighted by Gasteiger charge is -2.35. The maximum atomic E-state index is 12.4. The van der Waals surface area contributed by atoms with Gasteiger partial charge in [-0.15, -0.1) is 0 Å². The Morgan fingerprint density at radius 3 is 2.31 bits per heavy atom. The number of cyclic esters (lactones) is 1. The van der Waals surface area contributed by atoms with Gasteiger partial charge in [-0.05, 0) is 6.54 Å². The molecule has 1 aliphatic rings. The summed E-state index contributed by atoms with van der Waals surface area (Å²) < 4.78 is 10.6. The number of phenolic OH excluding ortho intramolecular Hbond substituents is 3. The van der Waals surface area contributed by atoms with Crippen LogP contribution in [0.4, 0.5) is 0 Å². The smallest absolute Gasteiger partial charge is 0.339 e. The molecule has 1 aromatic carbocycles. The Balaban J connectivity index is 2.66. The standard InChI is InChI=1S/C16H23NO9/c1-2-17-3-8-10-11(13(22)14(23)12(8)21)15(25-7(4-18)5-19)9(6-20)26-16(10)24/h7,9,15,17-23H,2-6H2,1H3. The minimum atomic E-state index is -1.27. The topological polar surface area (TPSA) is 169 Å². The second kappa shape index (κ2) is 8.52. The molecule has 2 atom stereocenters. The zero-order valence-electron chi connectivity index (χ0n) is 14.2. The van der Waals surface area contributed by atoms with Gasteiger partial charge in [0.2, 0.25) is 5.75 Å². The minimum Gasteiger partial charge on any atom is -0.504 e. The van der Waals surface area contributed by atoms with Crippen molar-refractivity contribution in [3.05, 3.63) is 16.7 Å². The van der Waals surface area contributed by atoms with E-state index in [9.17, 15) is 35.4 Å². The number of esters is 1. The lowest BCUT2D eigenvalue weighted by molar-refractivity contribution is -0.128. The van der Waals surface area contributed by atoms with E-state index < -0.39 is 61.4 Å². The molecule has 0 saturated carbocycles. The summed E-state index contributed by atoms with van der Waals surface area (Å²) >= 11 is 0. The largest absolute Gasteiger partial charge is 0.504 e. The van der Waals surface area contributed by atoms with Crippen molar-refractivity contribution in [2.24, 2.45) is 0 Å². The van der Waals surface area contributed by atoms with Gasteiger partial charge in [-0.3, -0.25) is 0 Å². The van der Waals surface area contributed by atoms with Crippen LogP contribution in [0.5, 0.6) is 17.2 Å². The lowest BCUT2D eigenvalue weighted by atomic mass is 9.89. The number of nitrogens with one attached hydrogen (secondary N) is 1. The molecule has 2 rings (SSSR count). The van der Waals surface area contributed by atoms with E-state index in [0.29, 0.717) is 6.54 Å². The van der Waals surface area contributed by atoms with E-state index in [1.807, 2.05) is 0 Å². The molecule has 26 heavy (non-hydrogen) atoms. The highest BCUT2D eigenvalue weighted by molar-refractivity contribution is 5.97. The Hall–Kier alpha value is -2.11. The number of benzene rings is 1. The number of aliphatic hydroxyl groups is 3. The van der Waals surface area contributed by atoms with Crippen molar-refractivity contribution >= 4 is 5.97 Å². The van der Waals surface area contributed by atoms with E-state index in [2.05, 4.69) is 5.32 Å². The van der Waals surface area contributed by atoms with Crippen molar-refractivity contribution in [3.8, 4) is 17.2 Å². The van der Waals surface area contributed by atoms with E-state index in [0.717, 1.165) is 0 Å². The molecule has 10 nitrogen and oxygen atoms in total. The Morgan fingerprint density at radius 1 is 1.12 bits per heavy atom. The maximum Gasteiger partial charge on any atom is 0.339 e. The fraction of sp³-hybridized carbons (Fsp3) is 0.562. The lowest BCUT2D eigenvalue weighted by Crippen LogP contribution is -2.40. The zero-order chi connectivity index (χ0) is 19.4. The molecule has 146 valence electrons. The molecule has 0 saturated heterocycles. The first-order chi connectivity index (χ1) is 12.4. The van der Waals surface area contributed by atoms with E-state index in [1.54, 1.807) is 6.92 Å². The van der Waals surface area contributed by atoms with Crippen molar-refractivity contribution in [2.45, 2.75) is 31.8 Å². The number of aliphatic hydroxyl groups excluding tert-OH is 3. The first-order valence-electron chi connectivity index (χ1n) is 8.10. The van der Waals surface area contributed by atoms with E-state index in [-0.39, 0.29) is 23.2 Å². The number of fused-ring (bicyclic) bond motifs is 1. The fourth-order valence-corrected chi connectivity index (χ4v) is 2.80. The van der Waals surface area contributed by atoms with Crippen molar-refractivity contribution in [1.82, 2.24) is 5.32 Å². The summed E-state index contributed by atoms with van der Waals surface area (Å²) in [5, 5.41) is 61.4. The predicted molar refractivity (Wildman–Crippen MR) is 86.9 cm³/mol. The predicted octanol–water partition coefficient (Wildman–Crippen LogP) is -1.14. The van der Waals surface area contributed by atoms with Crippen LogP contribution in [0.3, 0.4) is 0 Å². The highest BCUT2D eigenvalue weighted by Gasteiger charge is 2.43. The molecule has 1 heterocycles. The van der Waals surface area contributed by atoms with Gasteiger partial charge < -0.3 is 45.4 Å². The fourth-order valence-electron chi connectivity index (χ4n) is 2.80. The number of carbonyl (C=O) groups excluding carboxylic acids is 1. The van der Waals surface area contributed by atoms with Gasteiger partial charge in [0, 0.05) is 17.7 Å². The number of carbonyl (C=O) groups is 1. The maximum absolute atomic E-state index is 12.4. The van der Waals surface area contributed by atoms with Gasteiger partial charge in [-0.2, -0.15) is 0 Å². The van der Waals surface area contributed by atoms with Crippen LogP contribution in [0.15, 0.2) is 0 Å². The molecule has 0 amide bonds. The Morgan fingerprint density at radius 2 is 1.77 bits per heavy atom. The molecular formula is C16H23NO9. The number of aromatic hydroxyl groups is 3. The first kappa shape index (κ1) is 20.2. The van der Waals surface area contributed by atoms with Crippen LogP contribution in [-0.4, -0.2) is 75.2 Å². The van der Waals surface area contributed by atoms with Crippen LogP contribution in [-0.2, 0) is 16.0 Å². The van der Waals surface area contributed by atoms with Gasteiger partial charge in [-0.1, -0.05) is 6.92 Å². The second-order valence-corrected chi connectivity index (χ2v) is 5.76. The van der Waals surface area contributed by atoms with Crippen LogP contribution >= 0.6 is 0 Å². The van der Waals surface area contributed by atoms with Gasteiger partial charge in [-0.25, -0.2) is 4.79 Å². The monoisotopic (exact) mass is 373 g/mol. The molecule has 0 radical (unpaired) electrons. The Labute approximate surface area is 149 Å². The summed E-state index contributed by atoms with van der Waals surface area (Å²) in [5.41, 5.74) is -0.393. The van der Waals surface area contributed by atoms with Gasteiger partial charge in [0.05, 0.1) is 25.4 Å². The highest BCUT2D eigenvalue weighted by atomic mass is 16.6. The van der Waals surface area contributed by atoms with Crippen LogP contribution in [0.2, 0.25) is 0 Å². The number of ether oxygens (including phenoxy) is 2. The highest BCUT2D eigenvalue weighted by Crippen LogP contribution is 2.49. The van der Waals surface area contributed by atoms with Crippen molar-refractivity contribution in [1.29, 1.82) is 0 Å². The molecule has 0 fully saturated rings. The van der Waals surface area contributed by atoms with Crippen LogP contribution in [0, 0.1) is 0 Å². The summed E-state index contributed by atoms with van der Waals surface area (Å²) in [5.74, 6) is -3.24. The minimum absolute atomic E-state index is 0.00307. The molecule has 1 aliphatic heterocycles. The molecule has 0 bridgehead atoms. The summed E-state index contributed by atoms with van der Waals surface area (Å²) in [6.45, 7) is 0.494. The Bertz CT molecular complexity index is 660. The van der Waals surface area contributed by atoms with E-state index in [4.69, 9.17) is 9.47 Å².